The van der Waals surface area contributed by atoms with E-state index >= 15 is 0 Å². The van der Waals surface area contributed by atoms with E-state index < -0.39 is 0 Å². The number of aromatic nitrogens is 2. The molecule has 2 N–H and O–H groups in total. The zero-order chi connectivity index (χ0) is 20.8. The van der Waals surface area contributed by atoms with Gasteiger partial charge >= 0.3 is 0 Å². The summed E-state index contributed by atoms with van der Waals surface area (Å²) < 4.78 is 0. The number of nitrogens with one attached hydrogen (secondary N) is 2. The van der Waals surface area contributed by atoms with Gasteiger partial charge in [-0.1, -0.05) is 50.7 Å². The van der Waals surface area contributed by atoms with Gasteiger partial charge in [0.1, 0.15) is 5.82 Å². The highest BCUT2D eigenvalue weighted by Gasteiger charge is 2.29. The van der Waals surface area contributed by atoms with Crippen LogP contribution < -0.4 is 10.2 Å². The van der Waals surface area contributed by atoms with Gasteiger partial charge < -0.3 is 15.2 Å². The first-order valence-electron chi connectivity index (χ1n) is 12.4. The van der Waals surface area contributed by atoms with Crippen LogP contribution in [0.2, 0.25) is 0 Å². The second kappa shape index (κ2) is 10.5. The van der Waals surface area contributed by atoms with E-state index in [0.29, 0.717) is 18.0 Å². The minimum Gasteiger partial charge on any atom is -0.372 e. The quantitative estimate of drug-likeness (QED) is 0.526. The topological polar surface area (TPSA) is 44.0 Å². The van der Waals surface area contributed by atoms with Crippen LogP contribution in [0.1, 0.15) is 89.9 Å². The Morgan fingerprint density at radius 3 is 2.20 bits per heavy atom. The molecule has 2 saturated carbocycles. The number of H-pyrrole nitrogens is 1. The molecule has 0 radical (unpaired) electrons. The lowest BCUT2D eigenvalue weighted by molar-refractivity contribution is 0.227. The third-order valence-electron chi connectivity index (χ3n) is 7.33. The van der Waals surface area contributed by atoms with Gasteiger partial charge in [-0.15, -0.1) is 0 Å². The van der Waals surface area contributed by atoms with Gasteiger partial charge in [0, 0.05) is 36.6 Å². The Morgan fingerprint density at radius 2 is 1.57 bits per heavy atom. The Kier molecular flexibility index (Phi) is 7.48. The molecule has 0 saturated heterocycles. The number of hydrogen-bond acceptors (Lipinski definition) is 3. The summed E-state index contributed by atoms with van der Waals surface area (Å²) in [4.78, 5) is 11.1. The van der Waals surface area contributed by atoms with Crippen molar-refractivity contribution in [1.82, 2.24) is 15.3 Å². The summed E-state index contributed by atoms with van der Waals surface area (Å²) in [6.07, 6.45) is 15.7. The fraction of sp³-hybridized carbons (Fsp3) is 0.654. The molecule has 1 heterocycles. The number of imidazole rings is 1. The van der Waals surface area contributed by atoms with E-state index in [4.69, 9.17) is 4.98 Å². The molecule has 0 amide bonds. The average Bonchev–Trinajstić information content (AvgIpc) is 3.30. The van der Waals surface area contributed by atoms with Crippen molar-refractivity contribution < 1.29 is 0 Å². The predicted octanol–water partition coefficient (Wildman–Crippen LogP) is 6.47. The van der Waals surface area contributed by atoms with Crippen LogP contribution in [0.25, 0.3) is 11.3 Å². The van der Waals surface area contributed by atoms with Gasteiger partial charge in [0.2, 0.25) is 0 Å². The van der Waals surface area contributed by atoms with Crippen LogP contribution in [0.5, 0.6) is 0 Å². The third-order valence-corrected chi connectivity index (χ3v) is 7.33. The van der Waals surface area contributed by atoms with E-state index in [-0.39, 0.29) is 0 Å². The van der Waals surface area contributed by atoms with Crippen molar-refractivity contribution in [2.24, 2.45) is 5.92 Å². The molecule has 30 heavy (non-hydrogen) atoms. The molecule has 2 aliphatic rings. The summed E-state index contributed by atoms with van der Waals surface area (Å²) in [6, 6.07) is 9.94. The van der Waals surface area contributed by atoms with Crippen molar-refractivity contribution in [3.63, 3.8) is 0 Å². The SMILES string of the molecule is CCN(CC)c1ccc(-c2c[nH]c(C(NC3CCCCC3)C3CCCCC3)n2)cc1. The number of rotatable bonds is 8. The monoisotopic (exact) mass is 408 g/mol. The minimum absolute atomic E-state index is 0.372. The minimum atomic E-state index is 0.372. The van der Waals surface area contributed by atoms with Crippen molar-refractivity contribution in [3.05, 3.63) is 36.3 Å². The summed E-state index contributed by atoms with van der Waals surface area (Å²) in [5.74, 6) is 1.86. The largest absolute Gasteiger partial charge is 0.372 e. The fourth-order valence-corrected chi connectivity index (χ4v) is 5.50. The van der Waals surface area contributed by atoms with Crippen molar-refractivity contribution in [3.8, 4) is 11.3 Å². The van der Waals surface area contributed by atoms with E-state index in [9.17, 15) is 0 Å². The van der Waals surface area contributed by atoms with E-state index in [1.807, 2.05) is 0 Å². The molecule has 2 aliphatic carbocycles. The summed E-state index contributed by atoms with van der Waals surface area (Å²) in [5, 5.41) is 4.05. The van der Waals surface area contributed by atoms with Gasteiger partial charge in [-0.3, -0.25) is 0 Å². The zero-order valence-electron chi connectivity index (χ0n) is 19.0. The van der Waals surface area contributed by atoms with Gasteiger partial charge in [-0.05, 0) is 57.6 Å². The van der Waals surface area contributed by atoms with Crippen LogP contribution in [0.15, 0.2) is 30.5 Å². The normalized spacial score (nSPS) is 19.7. The average molecular weight is 409 g/mol. The van der Waals surface area contributed by atoms with Gasteiger partial charge in [-0.25, -0.2) is 4.98 Å². The summed E-state index contributed by atoms with van der Waals surface area (Å²) in [5.41, 5.74) is 3.56. The van der Waals surface area contributed by atoms with Gasteiger partial charge in [0.25, 0.3) is 0 Å². The lowest BCUT2D eigenvalue weighted by Gasteiger charge is -2.34. The molecule has 2 fully saturated rings. The molecule has 4 rings (SSSR count). The van der Waals surface area contributed by atoms with E-state index in [1.165, 1.54) is 75.5 Å². The predicted molar refractivity (Wildman–Crippen MR) is 127 cm³/mol. The highest BCUT2D eigenvalue weighted by molar-refractivity contribution is 5.62. The first-order valence-corrected chi connectivity index (χ1v) is 12.4. The number of anilines is 1. The van der Waals surface area contributed by atoms with Crippen molar-refractivity contribution in [2.45, 2.75) is 90.1 Å². The lowest BCUT2D eigenvalue weighted by atomic mass is 9.82. The molecule has 1 unspecified atom stereocenters. The molecule has 1 aromatic heterocycles. The summed E-state index contributed by atoms with van der Waals surface area (Å²) in [6.45, 7) is 6.50. The maximum absolute atomic E-state index is 5.10. The highest BCUT2D eigenvalue weighted by Crippen LogP contribution is 2.35. The lowest BCUT2D eigenvalue weighted by Crippen LogP contribution is -2.39. The Bertz CT molecular complexity index is 750. The van der Waals surface area contributed by atoms with Crippen molar-refractivity contribution in [1.29, 1.82) is 0 Å². The van der Waals surface area contributed by atoms with Crippen LogP contribution in [0, 0.1) is 5.92 Å². The Labute approximate surface area is 182 Å². The molecule has 164 valence electrons. The number of benzene rings is 1. The van der Waals surface area contributed by atoms with E-state index in [1.54, 1.807) is 0 Å². The Balaban J connectivity index is 1.52. The van der Waals surface area contributed by atoms with E-state index in [0.717, 1.165) is 24.6 Å². The molecule has 0 aliphatic heterocycles. The molecule has 4 heteroatoms. The first kappa shape index (κ1) is 21.4. The fourth-order valence-electron chi connectivity index (χ4n) is 5.50. The molecule has 0 spiro atoms. The second-order valence-electron chi connectivity index (χ2n) is 9.27. The molecule has 4 nitrogen and oxygen atoms in total. The third kappa shape index (κ3) is 5.08. The molecule has 1 aromatic carbocycles. The maximum atomic E-state index is 5.10. The molecule has 0 bridgehead atoms. The molecule has 1 atom stereocenters. The molecular weight excluding hydrogens is 368 g/mol. The van der Waals surface area contributed by atoms with Crippen LogP contribution in [0.4, 0.5) is 5.69 Å². The van der Waals surface area contributed by atoms with Crippen LogP contribution in [-0.4, -0.2) is 29.1 Å². The highest BCUT2D eigenvalue weighted by atomic mass is 15.1. The number of nitrogens with zero attached hydrogens (tertiary/aromatic N) is 2. The van der Waals surface area contributed by atoms with Crippen molar-refractivity contribution >= 4 is 5.69 Å². The van der Waals surface area contributed by atoms with Crippen LogP contribution in [0.3, 0.4) is 0 Å². The van der Waals surface area contributed by atoms with Crippen LogP contribution in [-0.2, 0) is 0 Å². The van der Waals surface area contributed by atoms with Gasteiger partial charge in [0.05, 0.1) is 11.7 Å². The number of aromatic amines is 1. The standard InChI is InChI=1S/C26H40N4/c1-3-30(4-2)23-17-15-20(16-18-23)24-19-27-26(29-24)25(21-11-7-5-8-12-21)28-22-13-9-6-10-14-22/h15-19,21-22,25,28H,3-14H2,1-2H3,(H,27,29). The smallest absolute Gasteiger partial charge is 0.124 e. The first-order chi connectivity index (χ1) is 14.8. The zero-order valence-corrected chi connectivity index (χ0v) is 19.0. The maximum Gasteiger partial charge on any atom is 0.124 e. The van der Waals surface area contributed by atoms with Crippen LogP contribution >= 0.6 is 0 Å². The number of hydrogen-bond donors (Lipinski definition) is 2. The molecular formula is C26H40N4. The summed E-state index contributed by atoms with van der Waals surface area (Å²) in [7, 11) is 0. The summed E-state index contributed by atoms with van der Waals surface area (Å²) >= 11 is 0. The van der Waals surface area contributed by atoms with Gasteiger partial charge in [-0.2, -0.15) is 0 Å². The Hall–Kier alpha value is -1.81. The second-order valence-corrected chi connectivity index (χ2v) is 9.27. The van der Waals surface area contributed by atoms with Gasteiger partial charge in [0.15, 0.2) is 0 Å². The van der Waals surface area contributed by atoms with E-state index in [2.05, 4.69) is 59.5 Å². The molecule has 2 aromatic rings. The van der Waals surface area contributed by atoms with Crippen molar-refractivity contribution in [2.75, 3.05) is 18.0 Å². The Morgan fingerprint density at radius 1 is 0.933 bits per heavy atom.